The zero-order valence-electron chi connectivity index (χ0n) is 49.3. The van der Waals surface area contributed by atoms with E-state index >= 15 is 8.78 Å². The average Bonchev–Trinajstić information content (AvgIpc) is 1.78. The molecular formula is C63H69F3N8O13S2. The standard InChI is InChI=1S/C63H69F3N8O13S2/c1-38(2)57(74-34-43-6-4-5-7-48(43)62(74)78)63(79)73-36-46(75)30-53(73)61(77)69-31-42-9-8-41(59-39(3)70-37-88-59)29-54(42)87-27-25-85-23-21-83-19-18-82-20-22-84-24-26-86-47-12-10-40(11-13-47)44-28-49-50(33-68-60(49)67-32-44)58(76)55-51(65)14-15-52(56(55)66)71-89(80,81)72-17-16-45(64)35-72/h4-15,28-29,32-33,37-38,45-46,53,57,71,75H,16-27,30-31,34-36H2,1-3H3,(H,67,68)(H,69,77)/t45-,46-,53+,57+/m1/s1. The maximum absolute atomic E-state index is 15.7. The molecule has 3 aromatic heterocycles. The molecule has 7 aromatic rings. The Hall–Kier alpha value is -7.82. The van der Waals surface area contributed by atoms with Crippen molar-refractivity contribution in [2.45, 2.75) is 71.1 Å². The molecule has 0 bridgehead atoms. The number of hydrogen-bond acceptors (Lipinski definition) is 16. The van der Waals surface area contributed by atoms with E-state index in [2.05, 4.69) is 20.3 Å². The molecule has 2 fully saturated rings. The molecule has 10 rings (SSSR count). The summed E-state index contributed by atoms with van der Waals surface area (Å²) >= 11 is 1.50. The first-order chi connectivity index (χ1) is 42.9. The maximum Gasteiger partial charge on any atom is 0.301 e. The number of carbonyl (C=O) groups excluding carboxylic acids is 4. The summed E-state index contributed by atoms with van der Waals surface area (Å²) in [5.74, 6) is -3.83. The minimum Gasteiger partial charge on any atom is -0.491 e. The van der Waals surface area contributed by atoms with Crippen molar-refractivity contribution in [1.29, 1.82) is 0 Å². The van der Waals surface area contributed by atoms with Crippen LogP contribution in [0.5, 0.6) is 11.5 Å². The molecule has 89 heavy (non-hydrogen) atoms. The van der Waals surface area contributed by atoms with E-state index in [9.17, 15) is 37.1 Å². The lowest BCUT2D eigenvalue weighted by Crippen LogP contribution is -2.55. The van der Waals surface area contributed by atoms with Gasteiger partial charge in [-0.1, -0.05) is 56.3 Å². The van der Waals surface area contributed by atoms with Gasteiger partial charge in [-0.25, -0.2) is 23.1 Å². The normalized spacial score (nSPS) is 17.2. The fourth-order valence-electron chi connectivity index (χ4n) is 11.0. The zero-order valence-corrected chi connectivity index (χ0v) is 50.9. The number of carbonyl (C=O) groups is 4. The lowest BCUT2D eigenvalue weighted by molar-refractivity contribution is -0.143. The van der Waals surface area contributed by atoms with Crippen molar-refractivity contribution in [3.05, 3.63) is 148 Å². The van der Waals surface area contributed by atoms with Crippen LogP contribution in [0.3, 0.4) is 0 Å². The summed E-state index contributed by atoms with van der Waals surface area (Å²) in [7, 11) is -4.38. The first-order valence-corrected chi connectivity index (χ1v) is 31.5. The van der Waals surface area contributed by atoms with Gasteiger partial charge in [-0.15, -0.1) is 11.3 Å². The maximum atomic E-state index is 15.7. The van der Waals surface area contributed by atoms with Crippen molar-refractivity contribution >= 4 is 61.8 Å². The van der Waals surface area contributed by atoms with Gasteiger partial charge in [0.25, 0.3) is 5.91 Å². The number of ether oxygens (including phenoxy) is 6. The number of β-amino-alcohol motifs (C(OH)–C–C–N with tert-alkyl or cyclic N) is 1. The molecule has 4 N–H and O–H groups in total. The number of benzene rings is 4. The van der Waals surface area contributed by atoms with E-state index in [0.29, 0.717) is 80.0 Å². The number of aliphatic hydroxyl groups is 1. The third-order valence-corrected chi connectivity index (χ3v) is 18.0. The summed E-state index contributed by atoms with van der Waals surface area (Å²) < 4.78 is 108. The van der Waals surface area contributed by atoms with Crippen molar-refractivity contribution < 1.29 is 74.3 Å². The molecule has 4 aromatic carbocycles. The Morgan fingerprint density at radius 1 is 0.831 bits per heavy atom. The number of hydrogen-bond donors (Lipinski definition) is 4. The average molecular weight is 1270 g/mol. The van der Waals surface area contributed by atoms with Crippen LogP contribution in [-0.2, 0) is 51.8 Å². The number of rotatable bonds is 30. The fourth-order valence-corrected chi connectivity index (χ4v) is 13.0. The number of fused-ring (bicyclic) bond motifs is 2. The number of nitrogens with one attached hydrogen (secondary N) is 3. The monoisotopic (exact) mass is 1270 g/mol. The second kappa shape index (κ2) is 29.2. The minimum absolute atomic E-state index is 0.0144. The topological polar surface area (TPSA) is 253 Å². The predicted molar refractivity (Wildman–Crippen MR) is 324 cm³/mol. The van der Waals surface area contributed by atoms with Gasteiger partial charge in [0.05, 0.1) is 86.3 Å². The Morgan fingerprint density at radius 3 is 2.18 bits per heavy atom. The Labute approximate surface area is 516 Å². The summed E-state index contributed by atoms with van der Waals surface area (Å²) in [6, 6.07) is 21.6. The number of ketones is 1. The highest BCUT2D eigenvalue weighted by Crippen LogP contribution is 2.35. The Kier molecular flexibility index (Phi) is 21.1. The van der Waals surface area contributed by atoms with Gasteiger partial charge in [0.2, 0.25) is 17.6 Å². The number of amides is 3. The summed E-state index contributed by atoms with van der Waals surface area (Å²) in [6.45, 7) is 8.52. The van der Waals surface area contributed by atoms with E-state index in [1.54, 1.807) is 59.1 Å². The van der Waals surface area contributed by atoms with Gasteiger partial charge in [0.1, 0.15) is 54.4 Å². The van der Waals surface area contributed by atoms with Crippen LogP contribution in [0, 0.1) is 24.5 Å². The molecule has 4 atom stereocenters. The molecule has 0 aliphatic carbocycles. The number of H-pyrrole nitrogens is 1. The highest BCUT2D eigenvalue weighted by molar-refractivity contribution is 7.90. The van der Waals surface area contributed by atoms with E-state index in [1.807, 2.05) is 55.8 Å². The number of pyridine rings is 1. The second-order valence-corrected chi connectivity index (χ2v) is 24.5. The van der Waals surface area contributed by atoms with Crippen LogP contribution in [0.1, 0.15) is 69.8 Å². The van der Waals surface area contributed by atoms with Gasteiger partial charge in [-0.3, -0.25) is 23.9 Å². The van der Waals surface area contributed by atoms with E-state index in [1.165, 1.54) is 22.4 Å². The van der Waals surface area contributed by atoms with E-state index < -0.39 is 75.7 Å². The number of aromatic amines is 1. The van der Waals surface area contributed by atoms with Crippen LogP contribution in [-0.4, -0.2) is 176 Å². The Morgan fingerprint density at radius 2 is 1.52 bits per heavy atom. The molecule has 3 amide bonds. The van der Waals surface area contributed by atoms with Crippen LogP contribution < -0.4 is 19.5 Å². The summed E-state index contributed by atoms with van der Waals surface area (Å²) in [5.41, 5.74) is 5.51. The fraction of sp³-hybridized carbons (Fsp3) is 0.397. The lowest BCUT2D eigenvalue weighted by atomic mass is 10.00. The summed E-state index contributed by atoms with van der Waals surface area (Å²) in [4.78, 5) is 70.9. The molecule has 0 unspecified atom stereocenters. The highest BCUT2D eigenvalue weighted by Gasteiger charge is 2.46. The number of nitrogens with zero attached hydrogens (tertiary/aromatic N) is 5. The molecule has 3 aliphatic rings. The zero-order chi connectivity index (χ0) is 62.8. The summed E-state index contributed by atoms with van der Waals surface area (Å²) in [6.07, 6.45) is 0.622. The van der Waals surface area contributed by atoms with Crippen LogP contribution in [0.2, 0.25) is 0 Å². The van der Waals surface area contributed by atoms with Crippen LogP contribution in [0.4, 0.5) is 18.9 Å². The summed E-state index contributed by atoms with van der Waals surface area (Å²) in [5, 5.41) is 14.0. The molecule has 472 valence electrons. The number of anilines is 1. The predicted octanol–water partition coefficient (Wildman–Crippen LogP) is 7.65. The lowest BCUT2D eigenvalue weighted by Gasteiger charge is -2.35. The van der Waals surface area contributed by atoms with Crippen LogP contribution >= 0.6 is 11.3 Å². The molecule has 26 heteroatoms. The number of thiazole rings is 1. The molecular weight excluding hydrogens is 1200 g/mol. The van der Waals surface area contributed by atoms with Gasteiger partial charge in [-0.2, -0.15) is 12.7 Å². The van der Waals surface area contributed by atoms with E-state index in [0.717, 1.165) is 38.1 Å². The Balaban J connectivity index is 0.607. The number of likely N-dealkylation sites (tertiary alicyclic amines) is 1. The van der Waals surface area contributed by atoms with Crippen molar-refractivity contribution in [2.24, 2.45) is 5.92 Å². The number of halogens is 3. The van der Waals surface area contributed by atoms with Crippen molar-refractivity contribution in [3.8, 4) is 33.1 Å². The third kappa shape index (κ3) is 15.3. The molecule has 0 saturated carbocycles. The van der Waals surface area contributed by atoms with Gasteiger partial charge < -0.3 is 53.6 Å². The SMILES string of the molecule is Cc1ncsc1-c1ccc(CNC(=O)[C@@H]2C[C@@H](O)CN2C(=O)[C@H](C(C)C)N2Cc3ccccc3C2=O)c(OCCOCCOCCOCCOCCOc2ccc(-c3cnc4[nH]cc(C(=O)c5c(F)ccc(NS(=O)(=O)N6CC[C@@H](F)C6)c5F)c4c3)cc2)c1. The molecule has 0 radical (unpaired) electrons. The van der Waals surface area contributed by atoms with Crippen molar-refractivity contribution in [2.75, 3.05) is 90.4 Å². The van der Waals surface area contributed by atoms with Gasteiger partial charge in [-0.05, 0) is 78.4 Å². The highest BCUT2D eigenvalue weighted by atomic mass is 32.2. The van der Waals surface area contributed by atoms with Crippen molar-refractivity contribution in [1.82, 2.24) is 34.4 Å². The van der Waals surface area contributed by atoms with Gasteiger partial charge in [0.15, 0.2) is 5.82 Å². The first-order valence-electron chi connectivity index (χ1n) is 29.2. The molecule has 3 aliphatic heterocycles. The van der Waals surface area contributed by atoms with Crippen LogP contribution in [0.15, 0.2) is 103 Å². The quantitative estimate of drug-likeness (QED) is 0.0249. The molecule has 21 nitrogen and oxygen atoms in total. The number of alkyl halides is 1. The number of aromatic nitrogens is 3. The smallest absolute Gasteiger partial charge is 0.301 e. The number of aliphatic hydroxyl groups excluding tert-OH is 1. The van der Waals surface area contributed by atoms with Gasteiger partial charge in [0, 0.05) is 79.2 Å². The van der Waals surface area contributed by atoms with Crippen molar-refractivity contribution in [3.63, 3.8) is 0 Å². The molecule has 0 spiro atoms. The minimum atomic E-state index is -4.38. The molecule has 6 heterocycles. The first kappa shape index (κ1) is 64.2. The Bertz CT molecular complexity index is 3780. The van der Waals surface area contributed by atoms with Gasteiger partial charge >= 0.3 is 10.2 Å². The second-order valence-electron chi connectivity index (χ2n) is 21.9. The largest absolute Gasteiger partial charge is 0.491 e. The third-order valence-electron chi connectivity index (χ3n) is 15.5. The number of aryl methyl sites for hydroxylation is 1. The van der Waals surface area contributed by atoms with Crippen LogP contribution in [0.25, 0.3) is 32.6 Å². The van der Waals surface area contributed by atoms with E-state index in [4.69, 9.17) is 28.4 Å². The van der Waals surface area contributed by atoms with E-state index in [-0.39, 0.29) is 93.2 Å². The molecule has 2 saturated heterocycles.